The van der Waals surface area contributed by atoms with Crippen LogP contribution < -0.4 is 5.32 Å². The van der Waals surface area contributed by atoms with Gasteiger partial charge in [-0.25, -0.2) is 0 Å². The number of hydrogen-bond donors (Lipinski definition) is 1. The number of methoxy groups -OCH3 is 1. The summed E-state index contributed by atoms with van der Waals surface area (Å²) in [4.78, 5) is 2.74. The van der Waals surface area contributed by atoms with Crippen LogP contribution in [0.4, 0.5) is 0 Å². The summed E-state index contributed by atoms with van der Waals surface area (Å²) in [5.74, 6) is 0. The normalized spacial score (nSPS) is 29.9. The van der Waals surface area contributed by atoms with E-state index in [0.717, 1.165) is 12.0 Å². The SMILES string of the molecule is COCC1(CN2CCC3(CCCC3)CC2)CCNCC1. The zero-order valence-electron chi connectivity index (χ0n) is 13.3. The maximum atomic E-state index is 5.57. The number of hydrogen-bond acceptors (Lipinski definition) is 3. The minimum Gasteiger partial charge on any atom is -0.384 e. The minimum absolute atomic E-state index is 0.417. The topological polar surface area (TPSA) is 24.5 Å². The molecule has 1 aliphatic carbocycles. The van der Waals surface area contributed by atoms with Crippen LogP contribution >= 0.6 is 0 Å². The van der Waals surface area contributed by atoms with Crippen molar-refractivity contribution >= 4 is 0 Å². The molecule has 3 heteroatoms. The van der Waals surface area contributed by atoms with E-state index in [1.165, 1.54) is 84.1 Å². The Kier molecular flexibility index (Phi) is 4.68. The monoisotopic (exact) mass is 280 g/mol. The van der Waals surface area contributed by atoms with Crippen LogP contribution in [0, 0.1) is 10.8 Å². The summed E-state index contributed by atoms with van der Waals surface area (Å²) in [6.45, 7) is 7.20. The van der Waals surface area contributed by atoms with Gasteiger partial charge in [-0.2, -0.15) is 0 Å². The van der Waals surface area contributed by atoms with Gasteiger partial charge in [0.15, 0.2) is 0 Å². The fraction of sp³-hybridized carbons (Fsp3) is 1.00. The first-order chi connectivity index (χ1) is 9.76. The molecule has 1 N–H and O–H groups in total. The maximum Gasteiger partial charge on any atom is 0.0531 e. The van der Waals surface area contributed by atoms with Crippen LogP contribution in [-0.4, -0.2) is 51.3 Å². The lowest BCUT2D eigenvalue weighted by atomic mass is 9.75. The molecule has 0 bridgehead atoms. The lowest BCUT2D eigenvalue weighted by Gasteiger charge is -2.45. The third kappa shape index (κ3) is 3.20. The summed E-state index contributed by atoms with van der Waals surface area (Å²) in [5, 5.41) is 3.50. The molecular formula is C17H32N2O. The van der Waals surface area contributed by atoms with E-state index in [1.807, 2.05) is 7.11 Å². The zero-order valence-corrected chi connectivity index (χ0v) is 13.3. The average molecular weight is 280 g/mol. The molecule has 1 saturated carbocycles. The van der Waals surface area contributed by atoms with Crippen LogP contribution in [0.2, 0.25) is 0 Å². The van der Waals surface area contributed by atoms with E-state index in [-0.39, 0.29) is 0 Å². The first-order valence-electron chi connectivity index (χ1n) is 8.68. The van der Waals surface area contributed by atoms with Crippen molar-refractivity contribution in [1.82, 2.24) is 10.2 Å². The van der Waals surface area contributed by atoms with Crippen molar-refractivity contribution in [3.05, 3.63) is 0 Å². The Labute approximate surface area is 124 Å². The van der Waals surface area contributed by atoms with Crippen LogP contribution in [0.5, 0.6) is 0 Å². The Bertz CT molecular complexity index is 291. The van der Waals surface area contributed by atoms with Gasteiger partial charge >= 0.3 is 0 Å². The minimum atomic E-state index is 0.417. The Morgan fingerprint density at radius 3 is 2.20 bits per heavy atom. The highest BCUT2D eigenvalue weighted by molar-refractivity contribution is 4.93. The fourth-order valence-electron chi connectivity index (χ4n) is 4.90. The standard InChI is InChI=1S/C17H32N2O/c1-20-15-17(6-10-18-11-7-17)14-19-12-8-16(9-13-19)4-2-3-5-16/h18H,2-15H2,1H3. The summed E-state index contributed by atoms with van der Waals surface area (Å²) < 4.78 is 5.57. The number of piperidine rings is 2. The van der Waals surface area contributed by atoms with Gasteiger partial charge < -0.3 is 15.0 Å². The Hall–Kier alpha value is -0.120. The number of likely N-dealkylation sites (tertiary alicyclic amines) is 1. The second-order valence-corrected chi connectivity index (χ2v) is 7.67. The van der Waals surface area contributed by atoms with Gasteiger partial charge in [0.1, 0.15) is 0 Å². The highest BCUT2D eigenvalue weighted by Gasteiger charge is 2.40. The van der Waals surface area contributed by atoms with Gasteiger partial charge in [0, 0.05) is 19.1 Å². The fourth-order valence-corrected chi connectivity index (χ4v) is 4.90. The van der Waals surface area contributed by atoms with E-state index in [2.05, 4.69) is 10.2 Å². The van der Waals surface area contributed by atoms with Gasteiger partial charge in [-0.05, 0) is 70.1 Å². The van der Waals surface area contributed by atoms with Gasteiger partial charge in [-0.1, -0.05) is 12.8 Å². The maximum absolute atomic E-state index is 5.57. The van der Waals surface area contributed by atoms with E-state index in [9.17, 15) is 0 Å². The van der Waals surface area contributed by atoms with Gasteiger partial charge in [-0.15, -0.1) is 0 Å². The Morgan fingerprint density at radius 1 is 0.950 bits per heavy atom. The molecular weight excluding hydrogens is 248 g/mol. The summed E-state index contributed by atoms with van der Waals surface area (Å²) in [6.07, 6.45) is 11.5. The van der Waals surface area contributed by atoms with Crippen molar-refractivity contribution < 1.29 is 4.74 Å². The van der Waals surface area contributed by atoms with Crippen molar-refractivity contribution in [3.8, 4) is 0 Å². The molecule has 116 valence electrons. The smallest absolute Gasteiger partial charge is 0.0531 e. The summed E-state index contributed by atoms with van der Waals surface area (Å²) >= 11 is 0. The molecule has 3 nitrogen and oxygen atoms in total. The summed E-state index contributed by atoms with van der Waals surface area (Å²) in [6, 6.07) is 0. The second-order valence-electron chi connectivity index (χ2n) is 7.67. The molecule has 2 heterocycles. The van der Waals surface area contributed by atoms with E-state index in [0.29, 0.717) is 5.41 Å². The molecule has 2 aliphatic heterocycles. The number of ether oxygens (including phenoxy) is 1. The number of rotatable bonds is 4. The molecule has 3 fully saturated rings. The van der Waals surface area contributed by atoms with Crippen LogP contribution in [0.3, 0.4) is 0 Å². The quantitative estimate of drug-likeness (QED) is 0.857. The molecule has 0 unspecified atom stereocenters. The highest BCUT2D eigenvalue weighted by Crippen LogP contribution is 2.46. The van der Waals surface area contributed by atoms with Gasteiger partial charge in [0.05, 0.1) is 6.61 Å². The molecule has 0 atom stereocenters. The zero-order chi connectivity index (χ0) is 13.9. The number of nitrogens with zero attached hydrogens (tertiary/aromatic N) is 1. The molecule has 0 aromatic carbocycles. The summed E-state index contributed by atoms with van der Waals surface area (Å²) in [7, 11) is 1.87. The average Bonchev–Trinajstić information content (AvgIpc) is 2.92. The van der Waals surface area contributed by atoms with Crippen LogP contribution in [0.1, 0.15) is 51.4 Å². The lowest BCUT2D eigenvalue weighted by Crippen LogP contribution is -2.50. The van der Waals surface area contributed by atoms with Crippen molar-refractivity contribution in [1.29, 1.82) is 0 Å². The third-order valence-corrected chi connectivity index (χ3v) is 6.25. The van der Waals surface area contributed by atoms with E-state index in [1.54, 1.807) is 0 Å². The molecule has 0 radical (unpaired) electrons. The molecule has 3 aliphatic rings. The molecule has 0 amide bonds. The predicted octanol–water partition coefficient (Wildman–Crippen LogP) is 2.66. The first kappa shape index (κ1) is 14.8. The van der Waals surface area contributed by atoms with Crippen molar-refractivity contribution in [2.45, 2.75) is 51.4 Å². The van der Waals surface area contributed by atoms with Crippen molar-refractivity contribution in [2.75, 3.05) is 46.4 Å². The second kappa shape index (κ2) is 6.33. The highest BCUT2D eigenvalue weighted by atomic mass is 16.5. The number of nitrogens with one attached hydrogen (secondary N) is 1. The van der Waals surface area contributed by atoms with Crippen molar-refractivity contribution in [2.24, 2.45) is 10.8 Å². The molecule has 0 aromatic heterocycles. The molecule has 20 heavy (non-hydrogen) atoms. The molecule has 2 saturated heterocycles. The molecule has 0 aromatic rings. The Morgan fingerprint density at radius 2 is 1.60 bits per heavy atom. The molecule has 1 spiro atoms. The van der Waals surface area contributed by atoms with E-state index >= 15 is 0 Å². The first-order valence-corrected chi connectivity index (χ1v) is 8.68. The van der Waals surface area contributed by atoms with Gasteiger partial charge in [0.25, 0.3) is 0 Å². The van der Waals surface area contributed by atoms with Crippen LogP contribution in [0.15, 0.2) is 0 Å². The predicted molar refractivity (Wildman–Crippen MR) is 83.0 cm³/mol. The Balaban J connectivity index is 1.54. The van der Waals surface area contributed by atoms with Crippen molar-refractivity contribution in [3.63, 3.8) is 0 Å². The lowest BCUT2D eigenvalue weighted by molar-refractivity contribution is 0.00330. The van der Waals surface area contributed by atoms with E-state index < -0.39 is 0 Å². The van der Waals surface area contributed by atoms with Gasteiger partial charge in [-0.3, -0.25) is 0 Å². The third-order valence-electron chi connectivity index (χ3n) is 6.25. The summed E-state index contributed by atoms with van der Waals surface area (Å²) in [5.41, 5.74) is 1.17. The van der Waals surface area contributed by atoms with Gasteiger partial charge in [0.2, 0.25) is 0 Å². The largest absolute Gasteiger partial charge is 0.384 e. The van der Waals surface area contributed by atoms with Crippen LogP contribution in [0.25, 0.3) is 0 Å². The molecule has 3 rings (SSSR count). The van der Waals surface area contributed by atoms with E-state index in [4.69, 9.17) is 4.74 Å². The van der Waals surface area contributed by atoms with Crippen LogP contribution in [-0.2, 0) is 4.74 Å².